The molecule has 1 aromatic heterocycles. The van der Waals surface area contributed by atoms with Crippen molar-refractivity contribution in [1.82, 2.24) is 52.1 Å². The number of aliphatic hydroxyl groups excluding tert-OH is 2. The van der Waals surface area contributed by atoms with Crippen LogP contribution >= 0.6 is 0 Å². The van der Waals surface area contributed by atoms with E-state index in [1.54, 1.807) is 98.9 Å². The topological polar surface area (TPSA) is 388 Å². The maximum atomic E-state index is 14.4. The highest BCUT2D eigenvalue weighted by Gasteiger charge is 2.40. The van der Waals surface area contributed by atoms with Gasteiger partial charge in [-0.25, -0.2) is 4.98 Å². The van der Waals surface area contributed by atoms with Crippen LogP contribution < -0.4 is 54.4 Å². The number of nitrogens with two attached hydrogens (primary N) is 3. The molecule has 24 nitrogen and oxygen atoms in total. The Kier molecular flexibility index (Phi) is 28.2. The molecular formula is C65H95N13O11. The minimum absolute atomic E-state index is 0.0250. The second-order valence-corrected chi connectivity index (χ2v) is 25.1. The zero-order chi connectivity index (χ0) is 65.5. The van der Waals surface area contributed by atoms with Crippen LogP contribution in [0.15, 0.2) is 97.5 Å². The summed E-state index contributed by atoms with van der Waals surface area (Å²) in [5, 5.41) is 43.0. The normalized spacial score (nSPS) is 16.6. The van der Waals surface area contributed by atoms with Gasteiger partial charge >= 0.3 is 0 Å². The number of likely N-dealkylation sites (tertiary alicyclic amines) is 1. The molecule has 2 heterocycles. The molecule has 89 heavy (non-hydrogen) atoms. The van der Waals surface area contributed by atoms with Gasteiger partial charge in [0, 0.05) is 49.8 Å². The first kappa shape index (κ1) is 71.5. The third-order valence-corrected chi connectivity index (χ3v) is 15.5. The van der Waals surface area contributed by atoms with Crippen LogP contribution in [0.2, 0.25) is 0 Å². The van der Waals surface area contributed by atoms with Crippen LogP contribution in [0, 0.1) is 23.7 Å². The van der Waals surface area contributed by atoms with Gasteiger partial charge in [-0.15, -0.1) is 0 Å². The molecule has 0 unspecified atom stereocenters. The summed E-state index contributed by atoms with van der Waals surface area (Å²) in [5.74, 6) is -6.72. The van der Waals surface area contributed by atoms with E-state index in [1.165, 1.54) is 11.2 Å². The number of imidazole rings is 1. The standard InChI is InChI=1S/C65H95N13O11/c1-37(2)26-47(54(79)33-57(82)72-51(30-41-16-11-9-12-17-41)61(85)75-49(59(68)83)29-43-21-23-44(66)24-22-43)73-60(84)50(28-39(5)6)71-56(81)34-55(80)48(27-38(3)4)74-64(88)58(40(7)8)77-62(86)52(31-42-18-13-10-14-19-42)76-63(87)53-20-15-25-78(53)65(89)46(67)32-45-35-69-36-70-45/h9-14,16-19,21-24,35-40,46-55,58,79-80H,15,20,25-34,66-67H2,1-8H3,(H2,68,83)(H,69,70)(H,71,81)(H,72,82)(H,73,84)(H,74,88)(H,75,85)(H,76,87)(H,77,86)/t46-,47-,48-,49-,50-,51-,52-,53-,54-,55-,58-/m0/s1. The summed E-state index contributed by atoms with van der Waals surface area (Å²) in [5.41, 5.74) is 21.1. The number of hydrogen-bond donors (Lipinski definition) is 13. The third-order valence-electron chi connectivity index (χ3n) is 15.5. The monoisotopic (exact) mass is 1230 g/mol. The molecule has 1 aliphatic heterocycles. The Morgan fingerprint density at radius 2 is 1.04 bits per heavy atom. The lowest BCUT2D eigenvalue weighted by Crippen LogP contribution is -2.60. The van der Waals surface area contributed by atoms with E-state index in [9.17, 15) is 53.4 Å². The summed E-state index contributed by atoms with van der Waals surface area (Å²) in [6.07, 6.45) is 0.781. The van der Waals surface area contributed by atoms with E-state index >= 15 is 0 Å². The number of nitrogen functional groups attached to an aromatic ring is 1. The van der Waals surface area contributed by atoms with Crippen molar-refractivity contribution in [3.05, 3.63) is 120 Å². The SMILES string of the molecule is CC(C)C[C@H](NC(=O)C[C@H](O)[C@H](CC(C)C)NC(=O)[C@@H](NC(=O)[C@H](Cc1ccccc1)NC(=O)[C@@H]1CCCN1C(=O)[C@@H](N)Cc1cnc[nH]1)C(C)C)C(=O)N[C@@H](CC(C)C)[C@@H](O)CC(=O)N[C@@H](Cc1ccccc1)C(=O)N[C@@H](Cc1ccc(N)cc1)C(N)=O. The number of aliphatic hydroxyl groups is 2. The molecule has 0 aliphatic carbocycles. The van der Waals surface area contributed by atoms with Crippen LogP contribution in [0.5, 0.6) is 0 Å². The molecule has 0 bridgehead atoms. The quantitative estimate of drug-likeness (QED) is 0.0292. The number of rotatable bonds is 35. The summed E-state index contributed by atoms with van der Waals surface area (Å²) in [7, 11) is 0. The summed E-state index contributed by atoms with van der Waals surface area (Å²) < 4.78 is 0. The van der Waals surface area contributed by atoms with Gasteiger partial charge in [-0.05, 0) is 84.6 Å². The van der Waals surface area contributed by atoms with Gasteiger partial charge in [-0.2, -0.15) is 0 Å². The predicted octanol–water partition coefficient (Wildman–Crippen LogP) is 1.76. The highest BCUT2D eigenvalue weighted by atomic mass is 16.3. The molecule has 16 N–H and O–H groups in total. The Morgan fingerprint density at radius 1 is 0.573 bits per heavy atom. The average Bonchev–Trinajstić information content (AvgIpc) is 3.39. The van der Waals surface area contributed by atoms with Crippen molar-refractivity contribution in [3.63, 3.8) is 0 Å². The van der Waals surface area contributed by atoms with E-state index in [4.69, 9.17) is 17.2 Å². The number of primary amides is 1. The number of H-pyrrole nitrogens is 1. The van der Waals surface area contributed by atoms with Crippen LogP contribution in [-0.2, 0) is 68.8 Å². The second kappa shape index (κ2) is 35.1. The minimum atomic E-state index is -1.48. The lowest BCUT2D eigenvalue weighted by molar-refractivity contribution is -0.140. The van der Waals surface area contributed by atoms with Crippen molar-refractivity contribution in [3.8, 4) is 0 Å². The number of nitrogens with zero attached hydrogens (tertiary/aromatic N) is 2. The van der Waals surface area contributed by atoms with Crippen molar-refractivity contribution in [2.75, 3.05) is 12.3 Å². The first-order chi connectivity index (χ1) is 42.2. The van der Waals surface area contributed by atoms with Gasteiger partial charge in [0.2, 0.25) is 53.2 Å². The number of benzene rings is 3. The van der Waals surface area contributed by atoms with Crippen molar-refractivity contribution in [1.29, 1.82) is 0 Å². The van der Waals surface area contributed by atoms with Crippen molar-refractivity contribution < 1.29 is 53.4 Å². The number of aromatic amines is 1. The zero-order valence-corrected chi connectivity index (χ0v) is 52.6. The van der Waals surface area contributed by atoms with E-state index in [-0.39, 0.29) is 62.7 Å². The fourth-order valence-corrected chi connectivity index (χ4v) is 10.9. The molecule has 4 aromatic rings. The molecular weight excluding hydrogens is 1140 g/mol. The Morgan fingerprint density at radius 3 is 1.54 bits per heavy atom. The Hall–Kier alpha value is -8.22. The molecule has 9 amide bonds. The lowest BCUT2D eigenvalue weighted by atomic mass is 9.94. The van der Waals surface area contributed by atoms with Gasteiger partial charge in [0.25, 0.3) is 0 Å². The molecule has 1 aliphatic rings. The van der Waals surface area contributed by atoms with Gasteiger partial charge in [-0.3, -0.25) is 43.2 Å². The Bertz CT molecular complexity index is 2930. The van der Waals surface area contributed by atoms with E-state index in [1.807, 2.05) is 47.6 Å². The fraction of sp³-hybridized carbons (Fsp3) is 0.538. The number of carbonyl (C=O) groups excluding carboxylic acids is 9. The summed E-state index contributed by atoms with van der Waals surface area (Å²) >= 11 is 0. The number of hydrogen-bond acceptors (Lipinski definition) is 14. The maximum absolute atomic E-state index is 14.4. The van der Waals surface area contributed by atoms with E-state index < -0.39 is 139 Å². The van der Waals surface area contributed by atoms with Crippen LogP contribution in [-0.4, -0.2) is 151 Å². The molecule has 11 atom stereocenters. The summed E-state index contributed by atoms with van der Waals surface area (Å²) in [4.78, 5) is 133. The molecule has 1 saturated heterocycles. The minimum Gasteiger partial charge on any atom is -0.399 e. The Labute approximate surface area is 522 Å². The molecule has 5 rings (SSSR count). The first-order valence-electron chi connectivity index (χ1n) is 30.9. The van der Waals surface area contributed by atoms with Crippen molar-refractivity contribution >= 4 is 58.9 Å². The first-order valence-corrected chi connectivity index (χ1v) is 30.9. The zero-order valence-electron chi connectivity index (χ0n) is 52.6. The third kappa shape index (κ3) is 23.7. The van der Waals surface area contributed by atoms with E-state index in [2.05, 4.69) is 47.2 Å². The predicted molar refractivity (Wildman–Crippen MR) is 337 cm³/mol. The average molecular weight is 1230 g/mol. The van der Waals surface area contributed by atoms with Crippen molar-refractivity contribution in [2.24, 2.45) is 35.1 Å². The molecule has 24 heteroatoms. The van der Waals surface area contributed by atoms with Crippen LogP contribution in [0.25, 0.3) is 0 Å². The lowest BCUT2D eigenvalue weighted by Gasteiger charge is -2.31. The van der Waals surface area contributed by atoms with E-state index in [0.29, 0.717) is 41.9 Å². The number of nitrogens with one attached hydrogen (secondary N) is 8. The molecule has 3 aromatic carbocycles. The highest BCUT2D eigenvalue weighted by molar-refractivity contribution is 5.96. The van der Waals surface area contributed by atoms with Gasteiger partial charge in [0.15, 0.2) is 0 Å². The fourth-order valence-electron chi connectivity index (χ4n) is 10.9. The number of carbonyl (C=O) groups is 9. The molecule has 0 radical (unpaired) electrons. The second-order valence-electron chi connectivity index (χ2n) is 25.1. The van der Waals surface area contributed by atoms with Gasteiger partial charge in [0.05, 0.1) is 49.5 Å². The maximum Gasteiger partial charge on any atom is 0.243 e. The summed E-state index contributed by atoms with van der Waals surface area (Å²) in [6, 6.07) is 14.9. The van der Waals surface area contributed by atoms with Crippen LogP contribution in [0.4, 0.5) is 5.69 Å². The number of amides is 9. The Balaban J connectivity index is 1.24. The van der Waals surface area contributed by atoms with Gasteiger partial charge in [0.1, 0.15) is 36.3 Å². The van der Waals surface area contributed by atoms with E-state index in [0.717, 1.165) is 5.56 Å². The molecule has 486 valence electrons. The van der Waals surface area contributed by atoms with Crippen LogP contribution in [0.1, 0.15) is 123 Å². The smallest absolute Gasteiger partial charge is 0.243 e. The van der Waals surface area contributed by atoms with Gasteiger partial charge < -0.3 is 74.5 Å². The molecule has 0 saturated carbocycles. The van der Waals surface area contributed by atoms with Crippen LogP contribution in [0.3, 0.4) is 0 Å². The van der Waals surface area contributed by atoms with Crippen molar-refractivity contribution in [2.45, 2.75) is 193 Å². The highest BCUT2D eigenvalue weighted by Crippen LogP contribution is 2.21. The summed E-state index contributed by atoms with van der Waals surface area (Å²) in [6.45, 7) is 14.9. The van der Waals surface area contributed by atoms with Gasteiger partial charge in [-0.1, -0.05) is 128 Å². The number of aromatic nitrogens is 2. The largest absolute Gasteiger partial charge is 0.399 e. The molecule has 1 fully saturated rings. The number of anilines is 1. The molecule has 0 spiro atoms.